The lowest BCUT2D eigenvalue weighted by Gasteiger charge is -2.35. The first-order chi connectivity index (χ1) is 18.4. The van der Waals surface area contributed by atoms with Crippen molar-refractivity contribution >= 4 is 29.0 Å². The normalized spacial score (nSPS) is 18.5. The fourth-order valence-electron chi connectivity index (χ4n) is 5.22. The summed E-state index contributed by atoms with van der Waals surface area (Å²) in [6.45, 7) is 0. The summed E-state index contributed by atoms with van der Waals surface area (Å²) in [6, 6.07) is 21.1. The van der Waals surface area contributed by atoms with E-state index >= 15 is 0 Å². The van der Waals surface area contributed by atoms with Gasteiger partial charge in [-0.05, 0) is 66.3 Å². The van der Waals surface area contributed by atoms with Crippen LogP contribution in [0.5, 0.6) is 0 Å². The first-order valence-electron chi connectivity index (χ1n) is 12.3. The number of halogens is 1. The van der Waals surface area contributed by atoms with Crippen molar-refractivity contribution in [3.8, 4) is 6.07 Å². The van der Waals surface area contributed by atoms with Gasteiger partial charge in [0, 0.05) is 30.1 Å². The predicted octanol–water partition coefficient (Wildman–Crippen LogP) is 4.13. The molecule has 3 aromatic carbocycles. The largest absolute Gasteiger partial charge is 0.550 e. The molecule has 2 atom stereocenters. The lowest BCUT2D eigenvalue weighted by atomic mass is 9.78. The zero-order valence-corrected chi connectivity index (χ0v) is 20.3. The molecule has 0 radical (unpaired) electrons. The van der Waals surface area contributed by atoms with Gasteiger partial charge in [-0.15, -0.1) is 0 Å². The van der Waals surface area contributed by atoms with Crippen molar-refractivity contribution in [2.75, 3.05) is 10.2 Å². The molecule has 2 aliphatic rings. The van der Waals surface area contributed by atoms with Gasteiger partial charge in [-0.1, -0.05) is 36.4 Å². The number of para-hydroxylation sites is 2. The molecule has 1 N–H and O–H groups in total. The van der Waals surface area contributed by atoms with E-state index in [4.69, 9.17) is 0 Å². The summed E-state index contributed by atoms with van der Waals surface area (Å²) in [4.78, 5) is 40.1. The summed E-state index contributed by atoms with van der Waals surface area (Å²) < 4.78 is 13.6. The van der Waals surface area contributed by atoms with Gasteiger partial charge in [-0.25, -0.2) is 4.39 Å². The van der Waals surface area contributed by atoms with Gasteiger partial charge < -0.3 is 15.2 Å². The number of hydrogen-bond acceptors (Lipinski definition) is 6. The van der Waals surface area contributed by atoms with Crippen molar-refractivity contribution < 1.29 is 23.9 Å². The highest BCUT2D eigenvalue weighted by atomic mass is 19.1. The van der Waals surface area contributed by atoms with Crippen molar-refractivity contribution in [3.63, 3.8) is 0 Å². The third-order valence-electron chi connectivity index (χ3n) is 7.00. The topological polar surface area (TPSA) is 113 Å². The Balaban J connectivity index is 1.68. The van der Waals surface area contributed by atoms with Crippen LogP contribution in [0.1, 0.15) is 54.3 Å². The van der Waals surface area contributed by atoms with E-state index in [1.807, 2.05) is 0 Å². The molecular formula is C30H23FN3O4-. The Kier molecular flexibility index (Phi) is 6.75. The van der Waals surface area contributed by atoms with Crippen LogP contribution in [0.25, 0.3) is 0 Å². The molecule has 38 heavy (non-hydrogen) atoms. The van der Waals surface area contributed by atoms with Crippen LogP contribution in [0, 0.1) is 17.1 Å². The number of Topliss-reactive ketones (excluding diaryl/α,β-unsaturated/α-hetero) is 1. The number of ketones is 1. The number of nitrogens with zero attached hydrogens (tertiary/aromatic N) is 2. The minimum absolute atomic E-state index is 0.163. The Bertz CT molecular complexity index is 1490. The number of carbonyl (C=O) groups excluding carboxylic acids is 3. The van der Waals surface area contributed by atoms with Crippen LogP contribution in [-0.4, -0.2) is 17.7 Å². The number of benzene rings is 3. The number of amides is 1. The van der Waals surface area contributed by atoms with Gasteiger partial charge >= 0.3 is 0 Å². The van der Waals surface area contributed by atoms with Crippen LogP contribution >= 0.6 is 0 Å². The van der Waals surface area contributed by atoms with Crippen molar-refractivity contribution in [1.29, 1.82) is 5.26 Å². The maximum Gasteiger partial charge on any atom is 0.228 e. The number of fused-ring (bicyclic) bond motifs is 1. The molecule has 0 bridgehead atoms. The second-order valence-corrected chi connectivity index (χ2v) is 9.39. The molecule has 0 unspecified atom stereocenters. The molecule has 0 spiro atoms. The molecule has 0 saturated heterocycles. The highest BCUT2D eigenvalue weighted by molar-refractivity contribution is 6.06. The lowest BCUT2D eigenvalue weighted by molar-refractivity contribution is -0.305. The number of rotatable bonds is 5. The number of aliphatic carboxylic acids is 1. The molecule has 1 aliphatic heterocycles. The van der Waals surface area contributed by atoms with Crippen molar-refractivity contribution in [1.82, 2.24) is 0 Å². The van der Waals surface area contributed by atoms with Crippen molar-refractivity contribution in [2.45, 2.75) is 37.6 Å². The van der Waals surface area contributed by atoms with Gasteiger partial charge in [0.25, 0.3) is 0 Å². The molecule has 0 saturated carbocycles. The average molecular weight is 509 g/mol. The fourth-order valence-corrected chi connectivity index (χ4v) is 5.22. The SMILES string of the molecule is N#Cc1ccc([C@H]2C3=C(C[C@@H](c4ccc(F)cc4)CC3=O)Nc3ccccc3N2C(=O)CCC(=O)[O-])cc1. The monoisotopic (exact) mass is 508 g/mol. The second-order valence-electron chi connectivity index (χ2n) is 9.39. The van der Waals surface area contributed by atoms with E-state index in [0.29, 0.717) is 40.2 Å². The fraction of sp³-hybridized carbons (Fsp3) is 0.200. The number of allylic oxidation sites excluding steroid dienone is 1. The Morgan fingerprint density at radius 1 is 0.974 bits per heavy atom. The van der Waals surface area contributed by atoms with Crippen molar-refractivity contribution in [3.05, 3.63) is 107 Å². The van der Waals surface area contributed by atoms with Crippen LogP contribution in [0.3, 0.4) is 0 Å². The number of hydrogen-bond donors (Lipinski definition) is 1. The quantitative estimate of drug-likeness (QED) is 0.555. The minimum Gasteiger partial charge on any atom is -0.550 e. The van der Waals surface area contributed by atoms with Gasteiger partial charge in [0.05, 0.1) is 29.0 Å². The highest BCUT2D eigenvalue weighted by Gasteiger charge is 2.41. The molecule has 3 aromatic rings. The van der Waals surface area contributed by atoms with Crippen LogP contribution < -0.4 is 15.3 Å². The third-order valence-corrected chi connectivity index (χ3v) is 7.00. The van der Waals surface area contributed by atoms with Gasteiger partial charge in [-0.2, -0.15) is 5.26 Å². The third kappa shape index (κ3) is 4.78. The lowest BCUT2D eigenvalue weighted by Crippen LogP contribution is -2.39. The maximum atomic E-state index is 13.9. The van der Waals surface area contributed by atoms with E-state index in [1.54, 1.807) is 60.7 Å². The number of nitrogens with one attached hydrogen (secondary N) is 1. The molecule has 190 valence electrons. The Morgan fingerprint density at radius 3 is 2.34 bits per heavy atom. The summed E-state index contributed by atoms with van der Waals surface area (Å²) in [5.41, 5.74) is 4.04. The molecule has 1 heterocycles. The molecular weight excluding hydrogens is 485 g/mol. The van der Waals surface area contributed by atoms with Gasteiger partial charge in [-0.3, -0.25) is 14.5 Å². The van der Waals surface area contributed by atoms with Crippen LogP contribution in [0.15, 0.2) is 84.1 Å². The Hall–Kier alpha value is -4.77. The number of nitriles is 1. The average Bonchev–Trinajstić information content (AvgIpc) is 3.07. The van der Waals surface area contributed by atoms with E-state index in [-0.39, 0.29) is 30.4 Å². The number of carboxylic acid groups (broad SMARTS) is 1. The second kappa shape index (κ2) is 10.3. The molecule has 5 rings (SSSR count). The zero-order chi connectivity index (χ0) is 26.8. The number of carboxylic acids is 1. The van der Waals surface area contributed by atoms with Gasteiger partial charge in [0.15, 0.2) is 5.78 Å². The molecule has 1 aliphatic carbocycles. The summed E-state index contributed by atoms with van der Waals surface area (Å²) in [7, 11) is 0. The maximum absolute atomic E-state index is 13.9. The molecule has 8 heteroatoms. The van der Waals surface area contributed by atoms with Gasteiger partial charge in [0.1, 0.15) is 5.82 Å². The van der Waals surface area contributed by atoms with E-state index in [2.05, 4.69) is 11.4 Å². The molecule has 0 fully saturated rings. The predicted molar refractivity (Wildman–Crippen MR) is 136 cm³/mol. The van der Waals surface area contributed by atoms with E-state index in [9.17, 15) is 29.1 Å². The zero-order valence-electron chi connectivity index (χ0n) is 20.3. The summed E-state index contributed by atoms with van der Waals surface area (Å²) in [6.07, 6.45) is -0.152. The number of carbonyl (C=O) groups is 3. The smallest absolute Gasteiger partial charge is 0.228 e. The van der Waals surface area contributed by atoms with Crippen LogP contribution in [0.4, 0.5) is 15.8 Å². The summed E-state index contributed by atoms with van der Waals surface area (Å²) in [5, 5.41) is 23.9. The first-order valence-corrected chi connectivity index (χ1v) is 12.3. The molecule has 7 nitrogen and oxygen atoms in total. The van der Waals surface area contributed by atoms with E-state index in [1.165, 1.54) is 17.0 Å². The minimum atomic E-state index is -1.34. The Labute approximate surface area is 218 Å². The first kappa shape index (κ1) is 24.9. The standard InChI is InChI=1S/C30H24FN3O4/c31-22-11-9-19(10-12-22)21-15-24-29(26(35)16-21)30(20-7-5-18(17-32)6-8-20)34(27(36)13-14-28(37)38)25-4-2-1-3-23(25)33-24/h1-12,21,30,33H,13-16H2,(H,37,38)/p-1/t21-,30+/m1/s1. The highest BCUT2D eigenvalue weighted by Crippen LogP contribution is 2.47. The van der Waals surface area contributed by atoms with Crippen LogP contribution in [0.2, 0.25) is 0 Å². The van der Waals surface area contributed by atoms with Crippen LogP contribution in [-0.2, 0) is 14.4 Å². The summed E-state index contributed by atoms with van der Waals surface area (Å²) in [5.74, 6) is -2.54. The number of anilines is 2. The Morgan fingerprint density at radius 2 is 1.66 bits per heavy atom. The molecule has 1 amide bonds. The van der Waals surface area contributed by atoms with Crippen molar-refractivity contribution in [2.24, 2.45) is 0 Å². The summed E-state index contributed by atoms with van der Waals surface area (Å²) >= 11 is 0. The van der Waals surface area contributed by atoms with E-state index < -0.39 is 24.3 Å². The van der Waals surface area contributed by atoms with E-state index in [0.717, 1.165) is 5.56 Å². The van der Waals surface area contributed by atoms with Gasteiger partial charge in [0.2, 0.25) is 5.91 Å². The molecule has 0 aromatic heterocycles.